The Balaban J connectivity index is 1.90. The summed E-state index contributed by atoms with van der Waals surface area (Å²) in [6.45, 7) is 16.5. The van der Waals surface area contributed by atoms with Crippen LogP contribution < -0.4 is 4.74 Å². The fourth-order valence-corrected chi connectivity index (χ4v) is 5.48. The summed E-state index contributed by atoms with van der Waals surface area (Å²) in [5.74, 6) is 0.0798. The molecule has 0 bridgehead atoms. The van der Waals surface area contributed by atoms with Gasteiger partial charge in [-0.15, -0.1) is 9.35 Å². The SMILES string of the molecule is CC(C)(C)OOP(=O)(OCOc1ccc([C@@H](O)CN(CCCCCCOCCCCc2ccccc2)C(=O)OC(C)(C)C)cc1C=O)OOC(C)(C)C. The molecule has 53 heavy (non-hydrogen) atoms. The van der Waals surface area contributed by atoms with Crippen LogP contribution in [0.2, 0.25) is 0 Å². The fourth-order valence-electron chi connectivity index (χ4n) is 4.56. The predicted octanol–water partition coefficient (Wildman–Crippen LogP) is 9.32. The van der Waals surface area contributed by atoms with E-state index in [9.17, 15) is 19.3 Å². The summed E-state index contributed by atoms with van der Waals surface area (Å²) in [6.07, 6.45) is 5.52. The van der Waals surface area contributed by atoms with E-state index >= 15 is 0 Å². The fraction of sp³-hybridized carbons (Fsp3) is 0.641. The highest BCUT2D eigenvalue weighted by Gasteiger charge is 2.35. The number of hydrogen-bond acceptors (Lipinski definition) is 12. The predicted molar refractivity (Wildman–Crippen MR) is 201 cm³/mol. The molecule has 2 aromatic carbocycles. The quantitative estimate of drug-likeness (QED) is 0.0271. The van der Waals surface area contributed by atoms with Crippen molar-refractivity contribution in [2.24, 2.45) is 0 Å². The molecular weight excluding hydrogens is 705 g/mol. The van der Waals surface area contributed by atoms with Crippen LogP contribution in [0.4, 0.5) is 4.79 Å². The van der Waals surface area contributed by atoms with Gasteiger partial charge >= 0.3 is 13.9 Å². The Morgan fingerprint density at radius 2 is 1.42 bits per heavy atom. The Kier molecular flexibility index (Phi) is 19.6. The Morgan fingerprint density at radius 1 is 0.811 bits per heavy atom. The number of aldehydes is 1. The molecule has 2 aromatic rings. The molecule has 0 aromatic heterocycles. The van der Waals surface area contributed by atoms with Gasteiger partial charge in [0.05, 0.1) is 29.4 Å². The number of phosphoric acid groups is 1. The summed E-state index contributed by atoms with van der Waals surface area (Å²) in [4.78, 5) is 36.8. The molecule has 13 nitrogen and oxygen atoms in total. The number of unbranched alkanes of at least 4 members (excludes halogenated alkanes) is 4. The smallest absolute Gasteiger partial charge is 0.466 e. The van der Waals surface area contributed by atoms with E-state index in [1.807, 2.05) is 6.07 Å². The van der Waals surface area contributed by atoms with Crippen LogP contribution in [0.3, 0.4) is 0 Å². The number of carbonyl (C=O) groups excluding carboxylic acids is 2. The van der Waals surface area contributed by atoms with E-state index in [1.54, 1.807) is 68.4 Å². The molecule has 14 heteroatoms. The summed E-state index contributed by atoms with van der Waals surface area (Å²) in [7, 11) is -4.42. The van der Waals surface area contributed by atoms with Crippen LogP contribution >= 0.6 is 7.82 Å². The van der Waals surface area contributed by atoms with Crippen molar-refractivity contribution >= 4 is 20.2 Å². The van der Waals surface area contributed by atoms with Crippen molar-refractivity contribution in [2.45, 2.75) is 130 Å². The van der Waals surface area contributed by atoms with Gasteiger partial charge in [0.15, 0.2) is 6.29 Å². The minimum absolute atomic E-state index is 0.0535. The van der Waals surface area contributed by atoms with Gasteiger partial charge in [0.1, 0.15) is 11.4 Å². The molecule has 0 saturated heterocycles. The zero-order valence-corrected chi connectivity index (χ0v) is 34.0. The first-order chi connectivity index (χ1) is 24.8. The molecule has 0 saturated carbocycles. The molecule has 0 aliphatic carbocycles. The van der Waals surface area contributed by atoms with Gasteiger partial charge in [-0.05, 0) is 118 Å². The summed E-state index contributed by atoms with van der Waals surface area (Å²) in [6, 6.07) is 14.9. The molecule has 300 valence electrons. The normalized spacial score (nSPS) is 13.1. The Labute approximate surface area is 316 Å². The molecule has 0 spiro atoms. The van der Waals surface area contributed by atoms with Crippen molar-refractivity contribution in [3.63, 3.8) is 0 Å². The maximum Gasteiger partial charge on any atom is 0.532 e. The minimum Gasteiger partial charge on any atom is -0.466 e. The molecule has 2 rings (SSSR count). The molecule has 0 fully saturated rings. The highest BCUT2D eigenvalue weighted by atomic mass is 31.2. The lowest BCUT2D eigenvalue weighted by Gasteiger charge is -2.29. The van der Waals surface area contributed by atoms with Crippen LogP contribution in [0.15, 0.2) is 48.5 Å². The molecule has 1 amide bonds. The number of amides is 1. The molecule has 0 radical (unpaired) electrons. The van der Waals surface area contributed by atoms with Crippen LogP contribution in [0.1, 0.15) is 128 Å². The number of aliphatic hydroxyl groups excluding tert-OH is 1. The first-order valence-corrected chi connectivity index (χ1v) is 19.7. The third-order valence-corrected chi connectivity index (χ3v) is 8.02. The second kappa shape index (κ2) is 22.5. The topological polar surface area (TPSA) is 149 Å². The van der Waals surface area contributed by atoms with E-state index in [4.69, 9.17) is 37.9 Å². The zero-order chi connectivity index (χ0) is 39.5. The second-order valence-corrected chi connectivity index (χ2v) is 17.2. The van der Waals surface area contributed by atoms with E-state index < -0.39 is 43.6 Å². The van der Waals surface area contributed by atoms with Gasteiger partial charge in [-0.1, -0.05) is 49.2 Å². The monoisotopic (exact) mass is 767 g/mol. The van der Waals surface area contributed by atoms with Gasteiger partial charge in [0.25, 0.3) is 0 Å². The Bertz CT molecular complexity index is 1380. The van der Waals surface area contributed by atoms with Crippen molar-refractivity contribution in [1.29, 1.82) is 0 Å². The van der Waals surface area contributed by atoms with Crippen molar-refractivity contribution in [1.82, 2.24) is 4.90 Å². The average molecular weight is 768 g/mol. The number of ether oxygens (including phenoxy) is 3. The summed E-state index contributed by atoms with van der Waals surface area (Å²) in [5.41, 5.74) is -0.597. The van der Waals surface area contributed by atoms with Crippen LogP contribution in [0.25, 0.3) is 0 Å². The summed E-state index contributed by atoms with van der Waals surface area (Å²) < 4.78 is 45.2. The van der Waals surface area contributed by atoms with E-state index in [0.717, 1.165) is 45.1 Å². The van der Waals surface area contributed by atoms with Crippen molar-refractivity contribution in [3.8, 4) is 5.75 Å². The van der Waals surface area contributed by atoms with Crippen LogP contribution in [0.5, 0.6) is 5.75 Å². The third kappa shape index (κ3) is 21.0. The largest absolute Gasteiger partial charge is 0.532 e. The number of benzene rings is 2. The lowest BCUT2D eigenvalue weighted by atomic mass is 10.0. The highest BCUT2D eigenvalue weighted by Crippen LogP contribution is 2.51. The minimum atomic E-state index is -4.42. The van der Waals surface area contributed by atoms with Gasteiger partial charge in [-0.2, -0.15) is 0 Å². The summed E-state index contributed by atoms with van der Waals surface area (Å²) in [5, 5.41) is 11.2. The Hall–Kier alpha value is -2.87. The van der Waals surface area contributed by atoms with E-state index in [1.165, 1.54) is 22.6 Å². The zero-order valence-electron chi connectivity index (χ0n) is 33.1. The third-order valence-electron chi connectivity index (χ3n) is 7.09. The second-order valence-electron chi connectivity index (χ2n) is 15.7. The number of nitrogens with zero attached hydrogens (tertiary/aromatic N) is 1. The van der Waals surface area contributed by atoms with E-state index in [2.05, 4.69) is 24.3 Å². The molecular formula is C39H62NO12P. The van der Waals surface area contributed by atoms with E-state index in [-0.39, 0.29) is 17.9 Å². The lowest BCUT2D eigenvalue weighted by molar-refractivity contribution is -0.339. The Morgan fingerprint density at radius 3 is 2.00 bits per heavy atom. The molecule has 1 atom stereocenters. The van der Waals surface area contributed by atoms with Crippen LogP contribution in [-0.4, -0.2) is 72.3 Å². The number of rotatable bonds is 24. The molecule has 0 aliphatic heterocycles. The molecule has 0 unspecified atom stereocenters. The summed E-state index contributed by atoms with van der Waals surface area (Å²) >= 11 is 0. The highest BCUT2D eigenvalue weighted by molar-refractivity contribution is 7.48. The first-order valence-electron chi connectivity index (χ1n) is 18.3. The van der Waals surface area contributed by atoms with Crippen molar-refractivity contribution < 1.29 is 57.1 Å². The van der Waals surface area contributed by atoms with Gasteiger partial charge in [-0.25, -0.2) is 23.7 Å². The van der Waals surface area contributed by atoms with E-state index in [0.29, 0.717) is 31.4 Å². The molecule has 0 heterocycles. The average Bonchev–Trinajstić information content (AvgIpc) is 3.07. The standard InChI is InChI=1S/C39H62NO12P/c1-37(2,3)48-36(43)40(24-16-10-11-17-25-45-26-18-15-21-31-19-13-12-14-20-31)28-34(42)32-22-23-35(33(27-32)29-41)46-30-47-53(44,51-49-38(4,5)6)52-50-39(7,8)9/h12-14,19-20,22-23,27,29,34,42H,10-11,15-18,21,24-26,28,30H2,1-9H3/t34-/m0/s1. The van der Waals surface area contributed by atoms with Gasteiger partial charge in [0, 0.05) is 19.8 Å². The molecule has 0 aliphatic rings. The first kappa shape index (κ1) is 46.3. The van der Waals surface area contributed by atoms with Gasteiger partial charge < -0.3 is 24.2 Å². The maximum absolute atomic E-state index is 13.1. The maximum atomic E-state index is 13.1. The number of carbonyl (C=O) groups is 2. The van der Waals surface area contributed by atoms with Gasteiger partial charge in [-0.3, -0.25) is 4.79 Å². The van der Waals surface area contributed by atoms with Crippen LogP contribution in [0, 0.1) is 0 Å². The number of hydrogen-bond donors (Lipinski definition) is 1. The van der Waals surface area contributed by atoms with Crippen LogP contribution in [-0.2, 0) is 44.1 Å². The molecule has 1 N–H and O–H groups in total. The lowest BCUT2D eigenvalue weighted by Crippen LogP contribution is -2.39. The number of aryl methyl sites for hydroxylation is 1. The number of aliphatic hydroxyl groups is 1. The van der Waals surface area contributed by atoms with Gasteiger partial charge in [0.2, 0.25) is 6.79 Å². The van der Waals surface area contributed by atoms with Crippen molar-refractivity contribution in [3.05, 3.63) is 65.2 Å². The van der Waals surface area contributed by atoms with Crippen molar-refractivity contribution in [2.75, 3.05) is 33.1 Å².